The highest BCUT2D eigenvalue weighted by atomic mass is 32.1. The summed E-state index contributed by atoms with van der Waals surface area (Å²) in [5.41, 5.74) is 5.37. The van der Waals surface area contributed by atoms with E-state index in [1.54, 1.807) is 0 Å². The van der Waals surface area contributed by atoms with Crippen molar-refractivity contribution < 1.29 is 18.0 Å². The maximum absolute atomic E-state index is 13.1. The first-order chi connectivity index (χ1) is 14.2. The summed E-state index contributed by atoms with van der Waals surface area (Å²) in [6.07, 6.45) is -2.75. The SMILES string of the molecule is CCCc1cc2c(N3CCn4c(nnc4C(F)(F)F)C3)nc(C(S)C(N)=O)nc2s1. The Balaban J connectivity index is 1.77. The molecule has 0 spiro atoms. The third-order valence-corrected chi connectivity index (χ3v) is 6.33. The lowest BCUT2D eigenvalue weighted by Crippen LogP contribution is -2.36. The monoisotopic (exact) mass is 457 g/mol. The third kappa shape index (κ3) is 3.71. The van der Waals surface area contributed by atoms with Crippen LogP contribution in [0.2, 0.25) is 0 Å². The number of amides is 1. The van der Waals surface area contributed by atoms with Crippen molar-refractivity contribution >= 4 is 45.9 Å². The lowest BCUT2D eigenvalue weighted by molar-refractivity contribution is -0.147. The molecule has 1 aliphatic rings. The van der Waals surface area contributed by atoms with Gasteiger partial charge in [-0.2, -0.15) is 25.8 Å². The van der Waals surface area contributed by atoms with Crippen molar-refractivity contribution in [1.29, 1.82) is 0 Å². The van der Waals surface area contributed by atoms with Crippen LogP contribution in [-0.4, -0.2) is 37.2 Å². The number of thiol groups is 1. The first-order valence-corrected chi connectivity index (χ1v) is 10.5. The van der Waals surface area contributed by atoms with E-state index in [9.17, 15) is 18.0 Å². The second kappa shape index (κ2) is 7.69. The van der Waals surface area contributed by atoms with E-state index in [4.69, 9.17) is 5.73 Å². The fourth-order valence-electron chi connectivity index (χ4n) is 3.38. The molecule has 0 saturated carbocycles. The molecule has 0 aliphatic carbocycles. The van der Waals surface area contributed by atoms with Gasteiger partial charge in [-0.05, 0) is 12.5 Å². The van der Waals surface area contributed by atoms with Gasteiger partial charge < -0.3 is 15.2 Å². The summed E-state index contributed by atoms with van der Waals surface area (Å²) in [7, 11) is 0. The van der Waals surface area contributed by atoms with Crippen LogP contribution < -0.4 is 10.6 Å². The summed E-state index contributed by atoms with van der Waals surface area (Å²) in [5, 5.41) is 6.82. The van der Waals surface area contributed by atoms with Crippen molar-refractivity contribution in [3.8, 4) is 0 Å². The number of anilines is 1. The van der Waals surface area contributed by atoms with Gasteiger partial charge in [-0.15, -0.1) is 21.5 Å². The predicted molar refractivity (Wildman–Crippen MR) is 108 cm³/mol. The quantitative estimate of drug-likeness (QED) is 0.571. The number of hydrogen-bond acceptors (Lipinski definition) is 8. The molecule has 1 amide bonds. The number of thiophene rings is 1. The van der Waals surface area contributed by atoms with Crippen molar-refractivity contribution in [2.45, 2.75) is 44.3 Å². The van der Waals surface area contributed by atoms with Crippen LogP contribution in [0.4, 0.5) is 19.0 Å². The summed E-state index contributed by atoms with van der Waals surface area (Å²) in [6.45, 7) is 2.49. The minimum atomic E-state index is -4.56. The molecule has 0 radical (unpaired) electrons. The van der Waals surface area contributed by atoms with Gasteiger partial charge in [0.05, 0.1) is 11.9 Å². The molecule has 3 aromatic rings. The number of aromatic nitrogens is 5. The van der Waals surface area contributed by atoms with Gasteiger partial charge in [0.1, 0.15) is 15.9 Å². The molecule has 8 nitrogen and oxygen atoms in total. The maximum Gasteiger partial charge on any atom is 0.451 e. The molecular formula is C17H18F3N7OS2. The van der Waals surface area contributed by atoms with E-state index in [-0.39, 0.29) is 31.3 Å². The number of aryl methyl sites for hydroxylation is 1. The number of alkyl halides is 3. The Labute approximate surface area is 178 Å². The van der Waals surface area contributed by atoms with E-state index in [1.165, 1.54) is 11.3 Å². The van der Waals surface area contributed by atoms with Crippen LogP contribution in [0.15, 0.2) is 6.07 Å². The van der Waals surface area contributed by atoms with Gasteiger partial charge in [0.15, 0.2) is 11.6 Å². The van der Waals surface area contributed by atoms with Gasteiger partial charge >= 0.3 is 6.18 Å². The lowest BCUT2D eigenvalue weighted by Gasteiger charge is -2.29. The highest BCUT2D eigenvalue weighted by Crippen LogP contribution is 2.36. The Bertz CT molecular complexity index is 1110. The molecule has 4 heterocycles. The van der Waals surface area contributed by atoms with Crippen molar-refractivity contribution in [3.63, 3.8) is 0 Å². The fourth-order valence-corrected chi connectivity index (χ4v) is 4.63. The molecule has 30 heavy (non-hydrogen) atoms. The predicted octanol–water partition coefficient (Wildman–Crippen LogP) is 2.73. The van der Waals surface area contributed by atoms with Crippen molar-refractivity contribution in [2.75, 3.05) is 11.4 Å². The number of nitrogens with two attached hydrogens (primary N) is 1. The number of halogens is 3. The minimum absolute atomic E-state index is 0.0596. The standard InChI is InChI=1S/C17H18F3N7OS2/c1-2-3-8-6-9-14(22-13(11(29)12(21)28)23-15(9)30-8)26-4-5-27-10(7-26)24-25-16(27)17(18,19)20/h6,11,29H,2-5,7H2,1H3,(H2,21,28). The van der Waals surface area contributed by atoms with Gasteiger partial charge in [0.25, 0.3) is 0 Å². The molecule has 13 heteroatoms. The Morgan fingerprint density at radius 1 is 1.33 bits per heavy atom. The van der Waals surface area contributed by atoms with E-state index in [2.05, 4.69) is 39.7 Å². The van der Waals surface area contributed by atoms with Crippen LogP contribution in [0.5, 0.6) is 0 Å². The molecule has 0 fully saturated rings. The molecule has 1 unspecified atom stereocenters. The van der Waals surface area contributed by atoms with Crippen molar-refractivity contribution in [2.24, 2.45) is 5.73 Å². The molecule has 1 aliphatic heterocycles. The molecule has 0 saturated heterocycles. The van der Waals surface area contributed by atoms with Gasteiger partial charge in [0, 0.05) is 18.0 Å². The van der Waals surface area contributed by atoms with Gasteiger partial charge in [-0.1, -0.05) is 13.3 Å². The summed E-state index contributed by atoms with van der Waals surface area (Å²) in [5.74, 6) is -0.793. The average molecular weight is 458 g/mol. The summed E-state index contributed by atoms with van der Waals surface area (Å²) in [4.78, 5) is 24.2. The molecule has 0 aromatic carbocycles. The first-order valence-electron chi connectivity index (χ1n) is 9.21. The normalized spacial score (nSPS) is 15.4. The number of primary amides is 1. The van der Waals surface area contributed by atoms with Gasteiger partial charge in [-0.25, -0.2) is 9.97 Å². The maximum atomic E-state index is 13.1. The molecule has 3 aromatic heterocycles. The number of carbonyl (C=O) groups is 1. The van der Waals surface area contributed by atoms with Gasteiger partial charge in [-0.3, -0.25) is 4.79 Å². The van der Waals surface area contributed by atoms with Crippen LogP contribution in [0.1, 0.15) is 40.9 Å². The topological polar surface area (TPSA) is 103 Å². The van der Waals surface area contributed by atoms with E-state index in [0.29, 0.717) is 10.6 Å². The number of hydrogen-bond donors (Lipinski definition) is 2. The van der Waals surface area contributed by atoms with Crippen LogP contribution in [0, 0.1) is 0 Å². The zero-order valence-electron chi connectivity index (χ0n) is 15.8. The Morgan fingerprint density at radius 2 is 2.10 bits per heavy atom. The number of fused-ring (bicyclic) bond motifs is 2. The molecule has 1 atom stereocenters. The van der Waals surface area contributed by atoms with Crippen LogP contribution in [0.3, 0.4) is 0 Å². The number of rotatable bonds is 5. The molecule has 4 rings (SSSR count). The summed E-state index contributed by atoms with van der Waals surface area (Å²) >= 11 is 5.70. The van der Waals surface area contributed by atoms with Gasteiger partial charge in [0.2, 0.25) is 11.7 Å². The molecule has 160 valence electrons. The van der Waals surface area contributed by atoms with E-state index in [0.717, 1.165) is 27.7 Å². The fraction of sp³-hybridized carbons (Fsp3) is 0.471. The first kappa shape index (κ1) is 20.8. The second-order valence-electron chi connectivity index (χ2n) is 6.90. The molecule has 2 N–H and O–H groups in total. The highest BCUT2D eigenvalue weighted by molar-refractivity contribution is 7.81. The smallest absolute Gasteiger partial charge is 0.368 e. The van der Waals surface area contributed by atoms with Crippen LogP contribution >= 0.6 is 24.0 Å². The van der Waals surface area contributed by atoms with Crippen LogP contribution in [0.25, 0.3) is 10.2 Å². The zero-order valence-corrected chi connectivity index (χ0v) is 17.6. The summed E-state index contributed by atoms with van der Waals surface area (Å²) in [6, 6.07) is 1.99. The minimum Gasteiger partial charge on any atom is -0.368 e. The van der Waals surface area contributed by atoms with Crippen molar-refractivity contribution in [1.82, 2.24) is 24.7 Å². The largest absolute Gasteiger partial charge is 0.451 e. The lowest BCUT2D eigenvalue weighted by atomic mass is 10.2. The third-order valence-electron chi connectivity index (χ3n) is 4.76. The number of nitrogens with zero attached hydrogens (tertiary/aromatic N) is 6. The van der Waals surface area contributed by atoms with E-state index < -0.39 is 23.2 Å². The second-order valence-corrected chi connectivity index (χ2v) is 8.53. The van der Waals surface area contributed by atoms with E-state index >= 15 is 0 Å². The Kier molecular flexibility index (Phi) is 5.34. The van der Waals surface area contributed by atoms with Crippen molar-refractivity contribution in [3.05, 3.63) is 28.4 Å². The Hall–Kier alpha value is -2.41. The highest BCUT2D eigenvalue weighted by Gasteiger charge is 2.39. The summed E-state index contributed by atoms with van der Waals surface area (Å²) < 4.78 is 40.4. The number of carbonyl (C=O) groups excluding carboxylic acids is 1. The average Bonchev–Trinajstić information content (AvgIpc) is 3.29. The van der Waals surface area contributed by atoms with Crippen LogP contribution in [-0.2, 0) is 30.5 Å². The molecular weight excluding hydrogens is 439 g/mol. The van der Waals surface area contributed by atoms with E-state index in [1.807, 2.05) is 11.0 Å². The Morgan fingerprint density at radius 3 is 2.77 bits per heavy atom. The molecule has 0 bridgehead atoms. The zero-order chi connectivity index (χ0) is 21.6.